The number of piperazine rings is 1. The molecule has 0 atom stereocenters. The van der Waals surface area contributed by atoms with E-state index in [0.29, 0.717) is 18.8 Å². The lowest BCUT2D eigenvalue weighted by atomic mass is 10.2. The molecule has 2 rings (SSSR count). The third kappa shape index (κ3) is 3.69. The summed E-state index contributed by atoms with van der Waals surface area (Å²) in [5, 5.41) is 14.3. The number of nitro benzene ring substituents is 1. The predicted molar refractivity (Wildman–Crippen MR) is 80.6 cm³/mol. The van der Waals surface area contributed by atoms with Crippen LogP contribution in [0.4, 0.5) is 11.4 Å². The fourth-order valence-corrected chi connectivity index (χ4v) is 2.40. The van der Waals surface area contributed by atoms with Crippen LogP contribution in [0.15, 0.2) is 18.2 Å². The number of nitro groups is 1. The summed E-state index contributed by atoms with van der Waals surface area (Å²) in [6.45, 7) is 4.97. The van der Waals surface area contributed by atoms with E-state index >= 15 is 0 Å². The van der Waals surface area contributed by atoms with E-state index in [1.54, 1.807) is 29.0 Å². The number of amides is 1. The van der Waals surface area contributed by atoms with Crippen LogP contribution in [0, 0.1) is 17.0 Å². The van der Waals surface area contributed by atoms with Gasteiger partial charge in [0.1, 0.15) is 5.69 Å². The molecular formula is C14H20N4O3. The van der Waals surface area contributed by atoms with Gasteiger partial charge in [0.2, 0.25) is 5.91 Å². The number of benzene rings is 1. The van der Waals surface area contributed by atoms with Gasteiger partial charge in [-0.2, -0.15) is 0 Å². The Morgan fingerprint density at radius 3 is 2.71 bits per heavy atom. The van der Waals surface area contributed by atoms with Gasteiger partial charge in [0, 0.05) is 39.3 Å². The second-order valence-electron chi connectivity index (χ2n) is 5.24. The van der Waals surface area contributed by atoms with Crippen molar-refractivity contribution in [2.75, 3.05) is 44.7 Å². The molecule has 1 N–H and O–H groups in total. The molecular weight excluding hydrogens is 272 g/mol. The molecule has 21 heavy (non-hydrogen) atoms. The van der Waals surface area contributed by atoms with Gasteiger partial charge in [0.25, 0.3) is 5.69 Å². The van der Waals surface area contributed by atoms with Crippen LogP contribution in [0.1, 0.15) is 5.56 Å². The number of likely N-dealkylation sites (N-methyl/N-ethyl adjacent to an activating group) is 1. The van der Waals surface area contributed by atoms with Crippen LogP contribution in [-0.2, 0) is 4.79 Å². The molecule has 0 saturated carbocycles. The number of anilines is 1. The smallest absolute Gasteiger partial charge is 0.292 e. The molecule has 1 aromatic carbocycles. The summed E-state index contributed by atoms with van der Waals surface area (Å²) in [6, 6.07) is 4.92. The molecule has 0 radical (unpaired) electrons. The van der Waals surface area contributed by atoms with Crippen LogP contribution in [0.5, 0.6) is 0 Å². The van der Waals surface area contributed by atoms with Crippen molar-refractivity contribution in [2.24, 2.45) is 0 Å². The van der Waals surface area contributed by atoms with Gasteiger partial charge in [-0.05, 0) is 18.6 Å². The zero-order valence-electron chi connectivity index (χ0n) is 12.3. The maximum Gasteiger partial charge on any atom is 0.292 e. The van der Waals surface area contributed by atoms with E-state index < -0.39 is 4.92 Å². The van der Waals surface area contributed by atoms with Gasteiger partial charge in [0.05, 0.1) is 11.5 Å². The Morgan fingerprint density at radius 1 is 1.43 bits per heavy atom. The Bertz CT molecular complexity index is 541. The van der Waals surface area contributed by atoms with E-state index in [4.69, 9.17) is 0 Å². The quantitative estimate of drug-likeness (QED) is 0.655. The van der Waals surface area contributed by atoms with Crippen molar-refractivity contribution in [1.29, 1.82) is 0 Å². The number of hydrogen-bond donors (Lipinski definition) is 1. The number of carbonyl (C=O) groups excluding carboxylic acids is 1. The molecule has 1 aliphatic heterocycles. The number of nitrogens with zero attached hydrogens (tertiary/aromatic N) is 3. The highest BCUT2D eigenvalue weighted by Gasteiger charge is 2.22. The van der Waals surface area contributed by atoms with E-state index in [2.05, 4.69) is 5.32 Å². The molecule has 7 nitrogen and oxygen atoms in total. The van der Waals surface area contributed by atoms with Gasteiger partial charge in [-0.1, -0.05) is 6.07 Å². The average molecular weight is 292 g/mol. The largest absolute Gasteiger partial charge is 0.360 e. The second kappa shape index (κ2) is 6.53. The van der Waals surface area contributed by atoms with Gasteiger partial charge in [-0.3, -0.25) is 14.9 Å². The van der Waals surface area contributed by atoms with Gasteiger partial charge in [-0.15, -0.1) is 0 Å². The molecule has 1 aromatic rings. The molecule has 0 spiro atoms. The minimum atomic E-state index is -0.416. The highest BCUT2D eigenvalue weighted by Crippen LogP contribution is 2.28. The lowest BCUT2D eigenvalue weighted by Crippen LogP contribution is -2.49. The minimum Gasteiger partial charge on any atom is -0.360 e. The Hall–Kier alpha value is -2.15. The summed E-state index contributed by atoms with van der Waals surface area (Å²) in [6.07, 6.45) is 0. The molecule has 1 heterocycles. The van der Waals surface area contributed by atoms with E-state index in [0.717, 1.165) is 18.7 Å². The SMILES string of the molecule is Cc1ccc([N+](=O)[O-])c(N(C)CC(=O)N2CCNCC2)c1. The van der Waals surface area contributed by atoms with E-state index in [1.807, 2.05) is 6.92 Å². The summed E-state index contributed by atoms with van der Waals surface area (Å²) in [5.74, 6) is -0.00481. The number of aryl methyl sites for hydroxylation is 1. The summed E-state index contributed by atoms with van der Waals surface area (Å²) < 4.78 is 0. The van der Waals surface area contributed by atoms with Gasteiger partial charge in [0.15, 0.2) is 0 Å². The molecule has 0 bridgehead atoms. The summed E-state index contributed by atoms with van der Waals surface area (Å²) in [5.41, 5.74) is 1.43. The van der Waals surface area contributed by atoms with Crippen LogP contribution < -0.4 is 10.2 Å². The van der Waals surface area contributed by atoms with E-state index in [1.165, 1.54) is 6.07 Å². The number of rotatable bonds is 4. The van der Waals surface area contributed by atoms with Crippen LogP contribution in [0.2, 0.25) is 0 Å². The maximum absolute atomic E-state index is 12.2. The van der Waals surface area contributed by atoms with E-state index in [9.17, 15) is 14.9 Å². The van der Waals surface area contributed by atoms with Crippen molar-refractivity contribution in [3.05, 3.63) is 33.9 Å². The standard InChI is InChI=1S/C14H20N4O3/c1-11-3-4-12(18(20)21)13(9-11)16(2)10-14(19)17-7-5-15-6-8-17/h3-4,9,15H,5-8,10H2,1-2H3. The van der Waals surface area contributed by atoms with Crippen LogP contribution in [0.3, 0.4) is 0 Å². The molecule has 1 saturated heterocycles. The van der Waals surface area contributed by atoms with Crippen molar-refractivity contribution in [1.82, 2.24) is 10.2 Å². The van der Waals surface area contributed by atoms with Crippen molar-refractivity contribution in [3.63, 3.8) is 0 Å². The normalized spacial score (nSPS) is 14.9. The van der Waals surface area contributed by atoms with Crippen LogP contribution in [-0.4, -0.2) is 55.5 Å². The fourth-order valence-electron chi connectivity index (χ4n) is 2.40. The predicted octanol–water partition coefficient (Wildman–Crippen LogP) is 0.771. The number of nitrogens with one attached hydrogen (secondary N) is 1. The van der Waals surface area contributed by atoms with Crippen molar-refractivity contribution in [3.8, 4) is 0 Å². The van der Waals surface area contributed by atoms with Crippen molar-refractivity contribution in [2.45, 2.75) is 6.92 Å². The van der Waals surface area contributed by atoms with Crippen molar-refractivity contribution >= 4 is 17.3 Å². The number of hydrogen-bond acceptors (Lipinski definition) is 5. The molecule has 1 amide bonds. The fraction of sp³-hybridized carbons (Fsp3) is 0.500. The van der Waals surface area contributed by atoms with Gasteiger partial charge >= 0.3 is 0 Å². The Balaban J connectivity index is 2.12. The zero-order valence-corrected chi connectivity index (χ0v) is 12.3. The lowest BCUT2D eigenvalue weighted by Gasteiger charge is -2.29. The Labute approximate surface area is 123 Å². The van der Waals surface area contributed by atoms with Gasteiger partial charge < -0.3 is 15.1 Å². The second-order valence-corrected chi connectivity index (χ2v) is 5.24. The first-order chi connectivity index (χ1) is 9.99. The average Bonchev–Trinajstić information content (AvgIpc) is 2.47. The summed E-state index contributed by atoms with van der Waals surface area (Å²) in [4.78, 5) is 26.4. The maximum atomic E-state index is 12.2. The minimum absolute atomic E-state index is 0.00481. The molecule has 0 aliphatic carbocycles. The Morgan fingerprint density at radius 2 is 2.10 bits per heavy atom. The summed E-state index contributed by atoms with van der Waals surface area (Å²) >= 11 is 0. The molecule has 7 heteroatoms. The molecule has 1 aliphatic rings. The first kappa shape index (κ1) is 15.2. The summed E-state index contributed by atoms with van der Waals surface area (Å²) in [7, 11) is 1.71. The van der Waals surface area contributed by atoms with Crippen LogP contribution in [0.25, 0.3) is 0 Å². The van der Waals surface area contributed by atoms with E-state index in [-0.39, 0.29) is 18.1 Å². The zero-order chi connectivity index (χ0) is 15.4. The third-order valence-corrected chi connectivity index (χ3v) is 3.58. The monoisotopic (exact) mass is 292 g/mol. The van der Waals surface area contributed by atoms with Gasteiger partial charge in [-0.25, -0.2) is 0 Å². The Kier molecular flexibility index (Phi) is 4.74. The highest BCUT2D eigenvalue weighted by molar-refractivity contribution is 5.82. The first-order valence-electron chi connectivity index (χ1n) is 6.93. The molecule has 0 aromatic heterocycles. The highest BCUT2D eigenvalue weighted by atomic mass is 16.6. The molecule has 1 fully saturated rings. The number of carbonyl (C=O) groups is 1. The van der Waals surface area contributed by atoms with Crippen LogP contribution >= 0.6 is 0 Å². The molecule has 0 unspecified atom stereocenters. The molecule has 114 valence electrons. The lowest BCUT2D eigenvalue weighted by molar-refractivity contribution is -0.384. The third-order valence-electron chi connectivity index (χ3n) is 3.58. The van der Waals surface area contributed by atoms with Crippen molar-refractivity contribution < 1.29 is 9.72 Å². The topological polar surface area (TPSA) is 78.7 Å². The first-order valence-corrected chi connectivity index (χ1v) is 6.93.